The largest absolute Gasteiger partial charge is 0.489 e. The van der Waals surface area contributed by atoms with Gasteiger partial charge in [0, 0.05) is 18.3 Å². The Labute approximate surface area is 120 Å². The molecule has 1 saturated carbocycles. The first-order chi connectivity index (χ1) is 9.65. The molecule has 0 spiro atoms. The number of hydrogen-bond donors (Lipinski definition) is 1. The molecular weight excluding hydrogens is 252 g/mol. The summed E-state index contributed by atoms with van der Waals surface area (Å²) in [5.41, 5.74) is 7.92. The van der Waals surface area contributed by atoms with Crippen molar-refractivity contribution in [2.24, 2.45) is 0 Å². The van der Waals surface area contributed by atoms with E-state index in [1.165, 1.54) is 24.9 Å². The fraction of sp³-hybridized carbons (Fsp3) is 0.625. The molecule has 0 bridgehead atoms. The van der Waals surface area contributed by atoms with Crippen molar-refractivity contribution in [3.63, 3.8) is 0 Å². The maximum absolute atomic E-state index is 6.01. The Kier molecular flexibility index (Phi) is 3.74. The van der Waals surface area contributed by atoms with E-state index in [2.05, 4.69) is 17.0 Å². The number of nitrogens with two attached hydrogens (primary N) is 1. The van der Waals surface area contributed by atoms with Crippen LogP contribution in [0.1, 0.15) is 33.1 Å². The average Bonchev–Trinajstić information content (AvgIpc) is 2.89. The second kappa shape index (κ2) is 5.52. The summed E-state index contributed by atoms with van der Waals surface area (Å²) < 4.78 is 11.7. The van der Waals surface area contributed by atoms with Crippen molar-refractivity contribution in [1.82, 2.24) is 0 Å². The van der Waals surface area contributed by atoms with Gasteiger partial charge in [-0.2, -0.15) is 0 Å². The van der Waals surface area contributed by atoms with Crippen molar-refractivity contribution in [2.75, 3.05) is 23.8 Å². The Bertz CT molecular complexity index is 476. The number of nitrogen functional groups attached to an aromatic ring is 1. The van der Waals surface area contributed by atoms with Crippen molar-refractivity contribution in [3.05, 3.63) is 18.2 Å². The number of morpholine rings is 1. The highest BCUT2D eigenvalue weighted by atomic mass is 16.5. The maximum Gasteiger partial charge on any atom is 0.144 e. The molecule has 1 aliphatic carbocycles. The number of hydrogen-bond acceptors (Lipinski definition) is 4. The van der Waals surface area contributed by atoms with Crippen LogP contribution in [0.15, 0.2) is 18.2 Å². The Morgan fingerprint density at radius 2 is 2.20 bits per heavy atom. The molecule has 0 radical (unpaired) electrons. The Morgan fingerprint density at radius 3 is 3.00 bits per heavy atom. The molecule has 3 rings (SSSR count). The lowest BCUT2D eigenvalue weighted by Gasteiger charge is -2.39. The molecule has 2 fully saturated rings. The van der Waals surface area contributed by atoms with E-state index in [0.29, 0.717) is 17.8 Å². The quantitative estimate of drug-likeness (QED) is 0.862. The van der Waals surface area contributed by atoms with Gasteiger partial charge < -0.3 is 20.1 Å². The van der Waals surface area contributed by atoms with Crippen LogP contribution in [0, 0.1) is 0 Å². The number of fused-ring (bicyclic) bond motifs is 1. The van der Waals surface area contributed by atoms with Gasteiger partial charge in [-0.3, -0.25) is 0 Å². The zero-order valence-corrected chi connectivity index (χ0v) is 12.3. The third-order valence-corrected chi connectivity index (χ3v) is 4.17. The summed E-state index contributed by atoms with van der Waals surface area (Å²) >= 11 is 0. The molecule has 1 aromatic carbocycles. The predicted molar refractivity (Wildman–Crippen MR) is 81.3 cm³/mol. The van der Waals surface area contributed by atoms with E-state index in [4.69, 9.17) is 15.2 Å². The van der Waals surface area contributed by atoms with Crippen LogP contribution in [-0.2, 0) is 4.74 Å². The molecule has 2 unspecified atom stereocenters. The fourth-order valence-electron chi connectivity index (χ4n) is 3.30. The molecule has 1 aromatic rings. The van der Waals surface area contributed by atoms with Crippen molar-refractivity contribution in [1.29, 1.82) is 0 Å². The Morgan fingerprint density at radius 1 is 1.35 bits per heavy atom. The van der Waals surface area contributed by atoms with E-state index in [0.717, 1.165) is 18.9 Å². The van der Waals surface area contributed by atoms with Crippen molar-refractivity contribution >= 4 is 11.4 Å². The summed E-state index contributed by atoms with van der Waals surface area (Å²) in [5, 5.41) is 0. The first-order valence-electron chi connectivity index (χ1n) is 7.59. The Hall–Kier alpha value is -1.42. The lowest BCUT2D eigenvalue weighted by atomic mass is 10.1. The van der Waals surface area contributed by atoms with Crippen molar-refractivity contribution < 1.29 is 9.47 Å². The van der Waals surface area contributed by atoms with Crippen LogP contribution in [0.2, 0.25) is 0 Å². The van der Waals surface area contributed by atoms with E-state index in [1.54, 1.807) is 0 Å². The average molecular weight is 276 g/mol. The first-order valence-corrected chi connectivity index (χ1v) is 7.59. The maximum atomic E-state index is 6.01. The van der Waals surface area contributed by atoms with Gasteiger partial charge in [0.25, 0.3) is 0 Å². The topological polar surface area (TPSA) is 47.7 Å². The van der Waals surface area contributed by atoms with Crippen LogP contribution in [0.4, 0.5) is 11.4 Å². The highest BCUT2D eigenvalue weighted by Crippen LogP contribution is 2.36. The van der Waals surface area contributed by atoms with E-state index in [1.807, 2.05) is 19.9 Å². The SMILES string of the molecule is CC(C)Oc1cc(N2CCOC3CCCC32)ccc1N. The monoisotopic (exact) mass is 276 g/mol. The van der Waals surface area contributed by atoms with Crippen LogP contribution < -0.4 is 15.4 Å². The van der Waals surface area contributed by atoms with Gasteiger partial charge in [0.2, 0.25) is 0 Å². The summed E-state index contributed by atoms with van der Waals surface area (Å²) in [6, 6.07) is 6.64. The zero-order chi connectivity index (χ0) is 14.1. The van der Waals surface area contributed by atoms with Crippen LogP contribution in [-0.4, -0.2) is 31.4 Å². The lowest BCUT2D eigenvalue weighted by molar-refractivity contribution is 0.0256. The van der Waals surface area contributed by atoms with E-state index >= 15 is 0 Å². The highest BCUT2D eigenvalue weighted by molar-refractivity contribution is 5.63. The molecule has 2 N–H and O–H groups in total. The normalized spacial score (nSPS) is 25.9. The van der Waals surface area contributed by atoms with Crippen molar-refractivity contribution in [2.45, 2.75) is 51.4 Å². The van der Waals surface area contributed by atoms with Gasteiger partial charge in [-0.05, 0) is 45.2 Å². The predicted octanol–water partition coefficient (Wildman–Crippen LogP) is 2.81. The van der Waals surface area contributed by atoms with Gasteiger partial charge in [0.1, 0.15) is 5.75 Å². The summed E-state index contributed by atoms with van der Waals surface area (Å²) in [4.78, 5) is 2.47. The summed E-state index contributed by atoms with van der Waals surface area (Å²) in [6.45, 7) is 5.81. The van der Waals surface area contributed by atoms with Gasteiger partial charge in [-0.25, -0.2) is 0 Å². The smallest absolute Gasteiger partial charge is 0.144 e. The number of ether oxygens (including phenoxy) is 2. The summed E-state index contributed by atoms with van der Waals surface area (Å²) in [5.74, 6) is 0.790. The molecule has 4 nitrogen and oxygen atoms in total. The van der Waals surface area contributed by atoms with Gasteiger partial charge in [-0.1, -0.05) is 0 Å². The van der Waals surface area contributed by atoms with Crippen LogP contribution in [0.3, 0.4) is 0 Å². The third kappa shape index (κ3) is 2.57. The van der Waals surface area contributed by atoms with Crippen LogP contribution in [0.5, 0.6) is 5.75 Å². The minimum atomic E-state index is 0.136. The minimum absolute atomic E-state index is 0.136. The molecule has 20 heavy (non-hydrogen) atoms. The van der Waals surface area contributed by atoms with Crippen LogP contribution >= 0.6 is 0 Å². The second-order valence-electron chi connectivity index (χ2n) is 5.99. The van der Waals surface area contributed by atoms with E-state index < -0.39 is 0 Å². The first kappa shape index (κ1) is 13.6. The molecule has 1 saturated heterocycles. The molecule has 4 heteroatoms. The highest BCUT2D eigenvalue weighted by Gasteiger charge is 2.36. The lowest BCUT2D eigenvalue weighted by Crippen LogP contribution is -2.48. The van der Waals surface area contributed by atoms with E-state index in [-0.39, 0.29) is 6.10 Å². The fourth-order valence-corrected chi connectivity index (χ4v) is 3.30. The Balaban J connectivity index is 1.85. The minimum Gasteiger partial charge on any atom is -0.489 e. The number of benzene rings is 1. The van der Waals surface area contributed by atoms with Gasteiger partial charge in [0.05, 0.1) is 30.5 Å². The molecule has 110 valence electrons. The third-order valence-electron chi connectivity index (χ3n) is 4.17. The number of rotatable bonds is 3. The number of nitrogens with zero attached hydrogens (tertiary/aromatic N) is 1. The van der Waals surface area contributed by atoms with Gasteiger partial charge in [-0.15, -0.1) is 0 Å². The molecule has 2 aliphatic rings. The van der Waals surface area contributed by atoms with E-state index in [9.17, 15) is 0 Å². The zero-order valence-electron chi connectivity index (χ0n) is 12.3. The molecule has 0 amide bonds. The molecule has 2 atom stereocenters. The van der Waals surface area contributed by atoms with Gasteiger partial charge >= 0.3 is 0 Å². The summed E-state index contributed by atoms with van der Waals surface area (Å²) in [6.07, 6.45) is 4.20. The molecular formula is C16H24N2O2. The number of anilines is 2. The summed E-state index contributed by atoms with van der Waals surface area (Å²) in [7, 11) is 0. The van der Waals surface area contributed by atoms with Crippen molar-refractivity contribution in [3.8, 4) is 5.75 Å². The molecule has 1 heterocycles. The van der Waals surface area contributed by atoms with Crippen LogP contribution in [0.25, 0.3) is 0 Å². The molecule has 0 aromatic heterocycles. The second-order valence-corrected chi connectivity index (χ2v) is 5.99. The standard InChI is InChI=1S/C16H24N2O2/c1-11(2)20-16-10-12(6-7-13(16)17)18-8-9-19-15-5-3-4-14(15)18/h6-7,10-11,14-15H,3-5,8-9,17H2,1-2H3. The molecule has 1 aliphatic heterocycles. The van der Waals surface area contributed by atoms with Gasteiger partial charge in [0.15, 0.2) is 0 Å².